The first-order valence-electron chi connectivity index (χ1n) is 7.96. The zero-order chi connectivity index (χ0) is 19.8. The molecule has 0 fully saturated rings. The molecule has 0 bridgehead atoms. The number of rotatable bonds is 8. The van der Waals surface area contributed by atoms with Crippen molar-refractivity contribution in [3.05, 3.63) is 65.0 Å². The van der Waals surface area contributed by atoms with Crippen LogP contribution in [0.4, 0.5) is 4.39 Å². The molecule has 2 aromatic rings. The fraction of sp³-hybridized carbons (Fsp3) is 0.211. The molecule has 0 radical (unpaired) electrons. The smallest absolute Gasteiger partial charge is 0.274 e. The van der Waals surface area contributed by atoms with Crippen molar-refractivity contribution in [1.29, 1.82) is 0 Å². The van der Waals surface area contributed by atoms with Gasteiger partial charge in [-0.15, -0.1) is 0 Å². The highest BCUT2D eigenvalue weighted by atomic mass is 32.2. The van der Waals surface area contributed by atoms with E-state index in [1.165, 1.54) is 37.1 Å². The number of benzene rings is 2. The fourth-order valence-corrected chi connectivity index (χ4v) is 2.98. The number of nitrogens with one attached hydrogen (secondary N) is 1. The van der Waals surface area contributed by atoms with Crippen LogP contribution in [0.5, 0.6) is 5.75 Å². The van der Waals surface area contributed by atoms with Gasteiger partial charge in [0, 0.05) is 17.1 Å². The lowest BCUT2D eigenvalue weighted by molar-refractivity contribution is -0.301. The first-order chi connectivity index (χ1) is 12.9. The second-order valence-electron chi connectivity index (χ2n) is 5.51. The minimum atomic E-state index is -1.14. The van der Waals surface area contributed by atoms with E-state index in [2.05, 4.69) is 10.5 Å². The Morgan fingerprint density at radius 2 is 2.00 bits per heavy atom. The quantitative estimate of drug-likeness (QED) is 0.551. The van der Waals surface area contributed by atoms with Gasteiger partial charge >= 0.3 is 0 Å². The van der Waals surface area contributed by atoms with Gasteiger partial charge in [-0.1, -0.05) is 12.1 Å². The van der Waals surface area contributed by atoms with Gasteiger partial charge in [-0.25, -0.2) is 9.82 Å². The molecule has 8 heteroatoms. The third kappa shape index (κ3) is 5.82. The molecule has 0 unspecified atom stereocenters. The largest absolute Gasteiger partial charge is 0.549 e. The van der Waals surface area contributed by atoms with Crippen molar-refractivity contribution in [2.45, 2.75) is 12.7 Å². The molecule has 0 atom stereocenters. The molecule has 0 saturated heterocycles. The Hall–Kier alpha value is -2.87. The Morgan fingerprint density at radius 3 is 2.67 bits per heavy atom. The summed E-state index contributed by atoms with van der Waals surface area (Å²) in [6, 6.07) is 10.9. The number of hydrogen-bond donors (Lipinski definition) is 1. The third-order valence-electron chi connectivity index (χ3n) is 3.62. The van der Waals surface area contributed by atoms with Gasteiger partial charge in [-0.2, -0.15) is 16.9 Å². The molecule has 142 valence electrons. The van der Waals surface area contributed by atoms with Gasteiger partial charge in [-0.05, 0) is 42.8 Å². The van der Waals surface area contributed by atoms with Gasteiger partial charge in [0.2, 0.25) is 0 Å². The lowest BCUT2D eigenvalue weighted by Gasteiger charge is -2.11. The van der Waals surface area contributed by atoms with Crippen molar-refractivity contribution in [2.24, 2.45) is 5.10 Å². The minimum absolute atomic E-state index is 0.0943. The van der Waals surface area contributed by atoms with Gasteiger partial charge in [0.15, 0.2) is 0 Å². The van der Waals surface area contributed by atoms with Crippen molar-refractivity contribution in [1.82, 2.24) is 5.43 Å². The molecular formula is C19H18FN2O4S-. The standard InChI is InChI=1S/C19H19FN2O4S/c1-12(21-22-19(25)15-5-3-4-6-16(15)20)13-7-8-17(26-2)14(9-13)10-27-11-18(23)24/h3-9H,10-11H2,1-2H3,(H,22,25)(H,23,24)/p-1/b21-12-. The van der Waals surface area contributed by atoms with E-state index in [-0.39, 0.29) is 11.3 Å². The lowest BCUT2D eigenvalue weighted by Crippen LogP contribution is -2.24. The number of carbonyl (C=O) groups is 2. The van der Waals surface area contributed by atoms with Crippen LogP contribution in [-0.4, -0.2) is 30.5 Å². The van der Waals surface area contributed by atoms with E-state index in [9.17, 15) is 19.1 Å². The van der Waals surface area contributed by atoms with Crippen LogP contribution >= 0.6 is 11.8 Å². The highest BCUT2D eigenvalue weighted by molar-refractivity contribution is 7.99. The number of aliphatic carboxylic acids is 1. The molecule has 0 heterocycles. The summed E-state index contributed by atoms with van der Waals surface area (Å²) in [6.45, 7) is 1.70. The number of thioether (sulfide) groups is 1. The molecule has 0 spiro atoms. The lowest BCUT2D eigenvalue weighted by atomic mass is 10.1. The molecular weight excluding hydrogens is 371 g/mol. The summed E-state index contributed by atoms with van der Waals surface area (Å²) in [4.78, 5) is 22.6. The topological polar surface area (TPSA) is 90.8 Å². The van der Waals surface area contributed by atoms with E-state index < -0.39 is 17.7 Å². The van der Waals surface area contributed by atoms with Crippen molar-refractivity contribution in [3.8, 4) is 5.75 Å². The van der Waals surface area contributed by atoms with E-state index in [1.807, 2.05) is 0 Å². The molecule has 1 N–H and O–H groups in total. The fourth-order valence-electron chi connectivity index (χ4n) is 2.27. The van der Waals surface area contributed by atoms with E-state index in [0.29, 0.717) is 22.8 Å². The summed E-state index contributed by atoms with van der Waals surface area (Å²) in [5.74, 6) is -1.50. The number of nitrogens with zero attached hydrogens (tertiary/aromatic N) is 1. The highest BCUT2D eigenvalue weighted by Gasteiger charge is 2.11. The van der Waals surface area contributed by atoms with Crippen LogP contribution in [0.1, 0.15) is 28.4 Å². The van der Waals surface area contributed by atoms with Crippen LogP contribution in [0, 0.1) is 5.82 Å². The molecule has 0 aliphatic carbocycles. The Balaban J connectivity index is 2.13. The van der Waals surface area contributed by atoms with Gasteiger partial charge in [0.1, 0.15) is 11.6 Å². The number of hydrogen-bond acceptors (Lipinski definition) is 6. The number of amides is 1. The Labute approximate surface area is 160 Å². The van der Waals surface area contributed by atoms with E-state index in [4.69, 9.17) is 4.74 Å². The van der Waals surface area contributed by atoms with Crippen molar-refractivity contribution < 1.29 is 23.8 Å². The molecule has 0 aliphatic heterocycles. The number of halogens is 1. The maximum atomic E-state index is 13.6. The molecule has 6 nitrogen and oxygen atoms in total. The molecule has 2 rings (SSSR count). The molecule has 27 heavy (non-hydrogen) atoms. The maximum Gasteiger partial charge on any atom is 0.274 e. The summed E-state index contributed by atoms with van der Waals surface area (Å²) < 4.78 is 18.9. The average Bonchev–Trinajstić information content (AvgIpc) is 2.65. The van der Waals surface area contributed by atoms with Crippen LogP contribution in [0.3, 0.4) is 0 Å². The summed E-state index contributed by atoms with van der Waals surface area (Å²) >= 11 is 1.19. The second kappa shape index (κ2) is 9.72. The maximum absolute atomic E-state index is 13.6. The number of hydrazone groups is 1. The first-order valence-corrected chi connectivity index (χ1v) is 9.12. The number of methoxy groups -OCH3 is 1. The SMILES string of the molecule is COc1ccc(/C(C)=N\NC(=O)c2ccccc2F)cc1CSCC(=O)[O-]. The van der Waals surface area contributed by atoms with E-state index >= 15 is 0 Å². The zero-order valence-corrected chi connectivity index (χ0v) is 15.6. The minimum Gasteiger partial charge on any atom is -0.549 e. The van der Waals surface area contributed by atoms with Crippen LogP contribution in [0.25, 0.3) is 0 Å². The number of carboxylic acid groups (broad SMARTS) is 1. The highest BCUT2D eigenvalue weighted by Crippen LogP contribution is 2.24. The zero-order valence-electron chi connectivity index (χ0n) is 14.8. The summed E-state index contributed by atoms with van der Waals surface area (Å²) in [6.07, 6.45) is 0. The summed E-state index contributed by atoms with van der Waals surface area (Å²) in [5.41, 5.74) is 4.25. The molecule has 2 aromatic carbocycles. The van der Waals surface area contributed by atoms with E-state index in [1.54, 1.807) is 31.2 Å². The van der Waals surface area contributed by atoms with Crippen LogP contribution in [0.15, 0.2) is 47.6 Å². The second-order valence-corrected chi connectivity index (χ2v) is 6.50. The van der Waals surface area contributed by atoms with Crippen molar-refractivity contribution >= 4 is 29.4 Å². The summed E-state index contributed by atoms with van der Waals surface area (Å²) in [5, 5.41) is 14.6. The van der Waals surface area contributed by atoms with Gasteiger partial charge in [-0.3, -0.25) is 4.79 Å². The van der Waals surface area contributed by atoms with Crippen molar-refractivity contribution in [2.75, 3.05) is 12.9 Å². The monoisotopic (exact) mass is 389 g/mol. The van der Waals surface area contributed by atoms with Crippen LogP contribution < -0.4 is 15.3 Å². The molecule has 0 saturated carbocycles. The Bertz CT molecular complexity index is 871. The van der Waals surface area contributed by atoms with Gasteiger partial charge < -0.3 is 14.6 Å². The normalized spacial score (nSPS) is 11.1. The Morgan fingerprint density at radius 1 is 1.26 bits per heavy atom. The first kappa shape index (κ1) is 20.4. The van der Waals surface area contributed by atoms with Gasteiger partial charge in [0.25, 0.3) is 5.91 Å². The number of ether oxygens (including phenoxy) is 1. The average molecular weight is 389 g/mol. The number of carbonyl (C=O) groups excluding carboxylic acids is 2. The number of carboxylic acids is 1. The van der Waals surface area contributed by atoms with E-state index in [0.717, 1.165) is 5.56 Å². The van der Waals surface area contributed by atoms with Crippen LogP contribution in [-0.2, 0) is 10.5 Å². The predicted octanol–water partition coefficient (Wildman–Crippen LogP) is 1.97. The van der Waals surface area contributed by atoms with Crippen LogP contribution in [0.2, 0.25) is 0 Å². The van der Waals surface area contributed by atoms with Crippen molar-refractivity contribution in [3.63, 3.8) is 0 Å². The molecule has 0 aromatic heterocycles. The molecule has 1 amide bonds. The third-order valence-corrected chi connectivity index (χ3v) is 4.57. The van der Waals surface area contributed by atoms with Gasteiger partial charge in [0.05, 0.1) is 24.4 Å². The summed E-state index contributed by atoms with van der Waals surface area (Å²) in [7, 11) is 1.53. The Kier molecular flexibility index (Phi) is 7.36. The molecule has 0 aliphatic rings. The predicted molar refractivity (Wildman–Crippen MR) is 100 cm³/mol.